The van der Waals surface area contributed by atoms with E-state index in [1.165, 1.54) is 12.2 Å². The maximum Gasteiger partial charge on any atom is 0.0691 e. The fourth-order valence-electron chi connectivity index (χ4n) is 4.09. The smallest absolute Gasteiger partial charge is 0.0691 e. The largest absolute Gasteiger partial charge is 0.377 e. The Morgan fingerprint density at radius 2 is 2.16 bits per heavy atom. The monoisotopic (exact) mass is 286 g/mol. The summed E-state index contributed by atoms with van der Waals surface area (Å²) >= 11 is 1.93. The van der Waals surface area contributed by atoms with Crippen LogP contribution in [-0.4, -0.2) is 54.8 Å². The van der Waals surface area contributed by atoms with Gasteiger partial charge in [0.25, 0.3) is 0 Å². The fraction of sp³-hybridized carbons (Fsp3) is 1.00. The van der Waals surface area contributed by atoms with Crippen molar-refractivity contribution in [1.82, 2.24) is 4.90 Å². The van der Waals surface area contributed by atoms with Crippen LogP contribution in [0.3, 0.4) is 0 Å². The van der Waals surface area contributed by atoms with E-state index in [9.17, 15) is 0 Å². The van der Waals surface area contributed by atoms with Gasteiger partial charge in [0, 0.05) is 41.8 Å². The summed E-state index contributed by atoms with van der Waals surface area (Å²) in [4.78, 5) is 2.48. The molecule has 0 bridgehead atoms. The number of hydrogen-bond acceptors (Lipinski definition) is 4. The van der Waals surface area contributed by atoms with Crippen LogP contribution >= 0.6 is 11.8 Å². The van der Waals surface area contributed by atoms with Crippen molar-refractivity contribution in [2.24, 2.45) is 17.1 Å². The van der Waals surface area contributed by atoms with Crippen molar-refractivity contribution in [1.29, 1.82) is 0 Å². The zero-order valence-electron chi connectivity index (χ0n) is 13.1. The van der Waals surface area contributed by atoms with E-state index in [2.05, 4.69) is 39.0 Å². The Kier molecular flexibility index (Phi) is 4.56. The molecule has 0 radical (unpaired) electrons. The summed E-state index contributed by atoms with van der Waals surface area (Å²) in [5.74, 6) is 1.74. The van der Waals surface area contributed by atoms with Crippen molar-refractivity contribution in [3.8, 4) is 0 Å². The van der Waals surface area contributed by atoms with E-state index in [0.29, 0.717) is 18.1 Å². The molecule has 0 aromatic heterocycles. The molecule has 4 atom stereocenters. The molecule has 2 fully saturated rings. The molecule has 4 unspecified atom stereocenters. The predicted molar refractivity (Wildman–Crippen MR) is 83.6 cm³/mol. The van der Waals surface area contributed by atoms with Crippen molar-refractivity contribution in [3.63, 3.8) is 0 Å². The second-order valence-corrected chi connectivity index (χ2v) is 7.79. The number of thioether (sulfide) groups is 1. The van der Waals surface area contributed by atoms with Crippen molar-refractivity contribution in [3.05, 3.63) is 0 Å². The van der Waals surface area contributed by atoms with Gasteiger partial charge >= 0.3 is 0 Å². The summed E-state index contributed by atoms with van der Waals surface area (Å²) in [6.07, 6.45) is 4.89. The normalized spacial score (nSPS) is 38.1. The first kappa shape index (κ1) is 15.6. The lowest BCUT2D eigenvalue weighted by atomic mass is 9.48. The van der Waals surface area contributed by atoms with Crippen molar-refractivity contribution < 1.29 is 4.74 Å². The molecule has 1 aliphatic heterocycles. The second kappa shape index (κ2) is 5.55. The number of hydrogen-bond donors (Lipinski definition) is 1. The molecule has 4 heteroatoms. The van der Waals surface area contributed by atoms with Gasteiger partial charge in [-0.2, -0.15) is 11.8 Å². The molecule has 0 aromatic carbocycles. The van der Waals surface area contributed by atoms with Crippen LogP contribution in [0.5, 0.6) is 0 Å². The van der Waals surface area contributed by atoms with Crippen LogP contribution in [0.25, 0.3) is 0 Å². The number of fused-ring (bicyclic) bond motifs is 1. The average molecular weight is 286 g/mol. The third-order valence-electron chi connectivity index (χ3n) is 5.63. The molecule has 19 heavy (non-hydrogen) atoms. The lowest BCUT2D eigenvalue weighted by Gasteiger charge is -2.63. The molecule has 112 valence electrons. The Hall–Kier alpha value is 0.230. The number of likely N-dealkylation sites (N-methyl/N-ethyl adjacent to an activating group) is 1. The first-order chi connectivity index (χ1) is 8.88. The fourth-order valence-corrected chi connectivity index (χ4v) is 4.96. The van der Waals surface area contributed by atoms with Gasteiger partial charge in [0.1, 0.15) is 0 Å². The summed E-state index contributed by atoms with van der Waals surface area (Å²) in [5, 5.41) is 0. The van der Waals surface area contributed by atoms with Gasteiger partial charge in [-0.3, -0.25) is 0 Å². The summed E-state index contributed by atoms with van der Waals surface area (Å²) in [6.45, 7) is 8.71. The van der Waals surface area contributed by atoms with E-state index >= 15 is 0 Å². The van der Waals surface area contributed by atoms with Gasteiger partial charge in [-0.15, -0.1) is 0 Å². The van der Waals surface area contributed by atoms with E-state index in [4.69, 9.17) is 10.5 Å². The minimum absolute atomic E-state index is 0.0885. The van der Waals surface area contributed by atoms with Crippen LogP contribution in [0.2, 0.25) is 0 Å². The summed E-state index contributed by atoms with van der Waals surface area (Å²) in [7, 11) is 2.23. The third-order valence-corrected chi connectivity index (χ3v) is 6.35. The van der Waals surface area contributed by atoms with E-state index in [-0.39, 0.29) is 11.0 Å². The topological polar surface area (TPSA) is 38.5 Å². The minimum Gasteiger partial charge on any atom is -0.377 e. The third kappa shape index (κ3) is 2.35. The minimum atomic E-state index is -0.0885. The van der Waals surface area contributed by atoms with Gasteiger partial charge < -0.3 is 15.4 Å². The van der Waals surface area contributed by atoms with Gasteiger partial charge in [0.15, 0.2) is 0 Å². The van der Waals surface area contributed by atoms with Crippen LogP contribution in [0.4, 0.5) is 0 Å². The van der Waals surface area contributed by atoms with E-state index in [1.54, 1.807) is 0 Å². The van der Waals surface area contributed by atoms with Crippen molar-refractivity contribution >= 4 is 11.8 Å². The quantitative estimate of drug-likeness (QED) is 0.812. The van der Waals surface area contributed by atoms with E-state index < -0.39 is 0 Å². The molecule has 3 nitrogen and oxygen atoms in total. The van der Waals surface area contributed by atoms with Crippen LogP contribution in [-0.2, 0) is 4.74 Å². The van der Waals surface area contributed by atoms with Gasteiger partial charge in [-0.05, 0) is 26.1 Å². The molecular formula is C15H30N2OS. The first-order valence-corrected chi connectivity index (χ1v) is 8.87. The Bertz CT molecular complexity index is 323. The summed E-state index contributed by atoms with van der Waals surface area (Å²) < 4.78 is 5.88. The van der Waals surface area contributed by atoms with Gasteiger partial charge in [-0.1, -0.05) is 20.8 Å². The first-order valence-electron chi connectivity index (χ1n) is 7.48. The zero-order chi connectivity index (χ0) is 14.3. The molecular weight excluding hydrogens is 256 g/mol. The van der Waals surface area contributed by atoms with Crippen molar-refractivity contribution in [2.75, 3.05) is 32.2 Å². The highest BCUT2D eigenvalue weighted by atomic mass is 32.2. The lowest BCUT2D eigenvalue weighted by Crippen LogP contribution is -2.78. The van der Waals surface area contributed by atoms with Crippen molar-refractivity contribution in [2.45, 2.75) is 51.3 Å². The van der Waals surface area contributed by atoms with Crippen LogP contribution in [0.1, 0.15) is 33.6 Å². The molecule has 1 heterocycles. The molecule has 2 aliphatic rings. The second-order valence-electron chi connectivity index (χ2n) is 6.88. The number of nitrogens with zero attached hydrogens (tertiary/aromatic N) is 1. The molecule has 0 spiro atoms. The molecule has 1 aliphatic carbocycles. The predicted octanol–water partition coefficient (Wildman–Crippen LogP) is 2.20. The highest BCUT2D eigenvalue weighted by Crippen LogP contribution is 2.58. The molecule has 2 rings (SSSR count). The number of nitrogens with two attached hydrogens (primary N) is 1. The standard InChI is InChI=1S/C15H30N2OS/c1-6-11(9-19-5)17(4)10-15(16)12-7-8-18-13(12)14(15,2)3/h11-13H,6-10,16H2,1-5H3. The molecule has 2 N–H and O–H groups in total. The summed E-state index contributed by atoms with van der Waals surface area (Å²) in [5.41, 5.74) is 6.84. The van der Waals surface area contributed by atoms with E-state index in [0.717, 1.165) is 19.6 Å². The Balaban J connectivity index is 2.04. The van der Waals surface area contributed by atoms with Gasteiger partial charge in [0.05, 0.1) is 6.10 Å². The SMILES string of the molecule is CCC(CSC)N(C)CC1(N)C2CCOC2C1(C)C. The molecule has 0 amide bonds. The Morgan fingerprint density at radius 1 is 1.47 bits per heavy atom. The van der Waals surface area contributed by atoms with Crippen LogP contribution in [0, 0.1) is 11.3 Å². The maximum atomic E-state index is 6.83. The van der Waals surface area contributed by atoms with Gasteiger partial charge in [-0.25, -0.2) is 0 Å². The van der Waals surface area contributed by atoms with E-state index in [1.807, 2.05) is 11.8 Å². The average Bonchev–Trinajstić information content (AvgIpc) is 2.83. The van der Waals surface area contributed by atoms with Crippen LogP contribution in [0.15, 0.2) is 0 Å². The molecule has 1 saturated carbocycles. The highest BCUT2D eigenvalue weighted by Gasteiger charge is 2.67. The number of rotatable bonds is 6. The lowest BCUT2D eigenvalue weighted by molar-refractivity contribution is -0.163. The zero-order valence-corrected chi connectivity index (χ0v) is 13.9. The Labute approximate surface area is 122 Å². The maximum absolute atomic E-state index is 6.83. The number of ether oxygens (including phenoxy) is 1. The highest BCUT2D eigenvalue weighted by molar-refractivity contribution is 7.98. The molecule has 1 saturated heterocycles. The van der Waals surface area contributed by atoms with Crippen LogP contribution < -0.4 is 5.73 Å². The Morgan fingerprint density at radius 3 is 2.74 bits per heavy atom. The van der Waals surface area contributed by atoms with Gasteiger partial charge in [0.2, 0.25) is 0 Å². The summed E-state index contributed by atoms with van der Waals surface area (Å²) in [6, 6.07) is 0.632. The molecule has 0 aromatic rings.